The van der Waals surface area contributed by atoms with Crippen molar-refractivity contribution in [3.8, 4) is 17.1 Å². The molecule has 0 aliphatic heterocycles. The van der Waals surface area contributed by atoms with Crippen LogP contribution in [0.1, 0.15) is 10.5 Å². The van der Waals surface area contributed by atoms with Gasteiger partial charge in [-0.3, -0.25) is 4.79 Å². The second-order valence-corrected chi connectivity index (χ2v) is 5.98. The number of aliphatic hydroxyl groups is 1. The van der Waals surface area contributed by atoms with Gasteiger partial charge in [-0.25, -0.2) is 4.68 Å². The number of rotatable bonds is 5. The number of nitrogens with zero attached hydrogens (tertiary/aromatic N) is 2. The van der Waals surface area contributed by atoms with E-state index in [2.05, 4.69) is 5.10 Å². The van der Waals surface area contributed by atoms with E-state index in [0.29, 0.717) is 22.2 Å². The predicted molar refractivity (Wildman–Crippen MR) is 90.7 cm³/mol. The Morgan fingerprint density at radius 3 is 2.59 bits per heavy atom. The van der Waals surface area contributed by atoms with Gasteiger partial charge in [0.25, 0.3) is 5.91 Å². The lowest BCUT2D eigenvalue weighted by Gasteiger charge is -2.14. The number of hydrogen-bond donors (Lipinski definition) is 2. The van der Waals surface area contributed by atoms with Gasteiger partial charge in [-0.15, -0.1) is 0 Å². The van der Waals surface area contributed by atoms with Crippen LogP contribution in [0.2, 0.25) is 5.02 Å². The van der Waals surface area contributed by atoms with E-state index in [9.17, 15) is 18.0 Å². The number of amides is 1. The van der Waals surface area contributed by atoms with Gasteiger partial charge in [0.2, 0.25) is 0 Å². The van der Waals surface area contributed by atoms with Gasteiger partial charge in [-0.05, 0) is 36.4 Å². The van der Waals surface area contributed by atoms with Crippen molar-refractivity contribution in [3.05, 3.63) is 59.4 Å². The molecule has 10 heteroatoms. The smallest absolute Gasteiger partial charge is 0.416 e. The molecule has 0 aliphatic carbocycles. The van der Waals surface area contributed by atoms with Crippen molar-refractivity contribution < 1.29 is 27.5 Å². The summed E-state index contributed by atoms with van der Waals surface area (Å²) in [5.74, 6) is -0.453. The van der Waals surface area contributed by atoms with Gasteiger partial charge in [0.05, 0.1) is 18.5 Å². The van der Waals surface area contributed by atoms with Crippen LogP contribution in [0.4, 0.5) is 13.2 Å². The van der Waals surface area contributed by atoms with Crippen molar-refractivity contribution in [3.63, 3.8) is 0 Å². The molecular formula is C17H13ClF3N3O3. The van der Waals surface area contributed by atoms with E-state index < -0.39 is 24.7 Å². The fourth-order valence-corrected chi connectivity index (χ4v) is 2.39. The zero-order valence-electron chi connectivity index (χ0n) is 13.6. The van der Waals surface area contributed by atoms with E-state index in [-0.39, 0.29) is 5.69 Å². The van der Waals surface area contributed by atoms with Crippen LogP contribution in [-0.2, 0) is 0 Å². The van der Waals surface area contributed by atoms with Gasteiger partial charge in [0, 0.05) is 11.1 Å². The summed E-state index contributed by atoms with van der Waals surface area (Å²) < 4.78 is 43.8. The number of alkyl halides is 3. The highest BCUT2D eigenvalue weighted by Gasteiger charge is 2.38. The molecule has 0 saturated carbocycles. The Hall–Kier alpha value is -2.78. The normalized spacial score (nSPS) is 12.8. The third kappa shape index (κ3) is 4.32. The fourth-order valence-electron chi connectivity index (χ4n) is 2.27. The number of aromatic nitrogens is 2. The molecule has 0 aliphatic rings. The average Bonchev–Trinajstić information content (AvgIpc) is 3.28. The molecule has 2 aromatic heterocycles. The standard InChI is InChI=1S/C17H13ClF3N3O3/c18-10-3-5-11(6-4-10)24-13(14-2-1-7-27-14)8-12(23-24)16(26)22-9-15(25)17(19,20)21/h1-8,15,25H,9H2,(H,22,26)/t15-/m1/s1. The lowest BCUT2D eigenvalue weighted by atomic mass is 10.2. The molecule has 0 unspecified atom stereocenters. The summed E-state index contributed by atoms with van der Waals surface area (Å²) in [6.07, 6.45) is -6.05. The minimum Gasteiger partial charge on any atom is -0.463 e. The van der Waals surface area contributed by atoms with Crippen molar-refractivity contribution in [2.75, 3.05) is 6.54 Å². The quantitative estimate of drug-likeness (QED) is 0.688. The number of hydrogen-bond acceptors (Lipinski definition) is 4. The third-order valence-electron chi connectivity index (χ3n) is 3.62. The molecule has 0 fully saturated rings. The fraction of sp³-hybridized carbons (Fsp3) is 0.176. The van der Waals surface area contributed by atoms with E-state index in [1.165, 1.54) is 17.0 Å². The van der Waals surface area contributed by atoms with E-state index in [0.717, 1.165) is 0 Å². The third-order valence-corrected chi connectivity index (χ3v) is 3.87. The van der Waals surface area contributed by atoms with Gasteiger partial charge >= 0.3 is 6.18 Å². The minimum absolute atomic E-state index is 0.134. The maximum atomic E-state index is 12.4. The molecule has 0 spiro atoms. The first-order valence-corrected chi connectivity index (χ1v) is 8.06. The molecule has 0 bridgehead atoms. The number of halogens is 4. The summed E-state index contributed by atoms with van der Waals surface area (Å²) in [5, 5.41) is 15.7. The molecule has 3 rings (SSSR count). The maximum absolute atomic E-state index is 12.4. The number of carbonyl (C=O) groups excluding carboxylic acids is 1. The van der Waals surface area contributed by atoms with Crippen LogP contribution in [0, 0.1) is 0 Å². The van der Waals surface area contributed by atoms with Crippen LogP contribution in [0.25, 0.3) is 17.1 Å². The molecule has 0 radical (unpaired) electrons. The summed E-state index contributed by atoms with van der Waals surface area (Å²) in [4.78, 5) is 12.2. The lowest BCUT2D eigenvalue weighted by molar-refractivity contribution is -0.201. The van der Waals surface area contributed by atoms with Crippen molar-refractivity contribution in [1.82, 2.24) is 15.1 Å². The zero-order valence-corrected chi connectivity index (χ0v) is 14.3. The molecule has 27 heavy (non-hydrogen) atoms. The van der Waals surface area contributed by atoms with Crippen molar-refractivity contribution in [1.29, 1.82) is 0 Å². The zero-order chi connectivity index (χ0) is 19.6. The summed E-state index contributed by atoms with van der Waals surface area (Å²) in [6, 6.07) is 11.3. The highest BCUT2D eigenvalue weighted by Crippen LogP contribution is 2.25. The summed E-state index contributed by atoms with van der Waals surface area (Å²) >= 11 is 5.87. The topological polar surface area (TPSA) is 80.3 Å². The van der Waals surface area contributed by atoms with E-state index in [4.69, 9.17) is 21.1 Å². The Morgan fingerprint density at radius 1 is 1.30 bits per heavy atom. The molecule has 3 aromatic rings. The Balaban J connectivity index is 1.90. The maximum Gasteiger partial charge on any atom is 0.416 e. The van der Waals surface area contributed by atoms with Crippen LogP contribution >= 0.6 is 11.6 Å². The number of nitrogens with one attached hydrogen (secondary N) is 1. The summed E-state index contributed by atoms with van der Waals surface area (Å²) in [7, 11) is 0. The monoisotopic (exact) mass is 399 g/mol. The number of furan rings is 1. The van der Waals surface area contributed by atoms with Gasteiger partial charge in [0.1, 0.15) is 5.69 Å². The second-order valence-electron chi connectivity index (χ2n) is 5.55. The van der Waals surface area contributed by atoms with Crippen molar-refractivity contribution in [2.45, 2.75) is 12.3 Å². The first kappa shape index (κ1) is 19.0. The highest BCUT2D eigenvalue weighted by molar-refractivity contribution is 6.30. The number of benzene rings is 1. The molecule has 1 atom stereocenters. The average molecular weight is 400 g/mol. The van der Waals surface area contributed by atoms with Gasteiger partial charge in [-0.2, -0.15) is 18.3 Å². The number of aliphatic hydroxyl groups excluding tert-OH is 1. The van der Waals surface area contributed by atoms with E-state index in [1.54, 1.807) is 36.4 Å². The molecule has 142 valence electrons. The van der Waals surface area contributed by atoms with E-state index in [1.807, 2.05) is 5.32 Å². The molecular weight excluding hydrogens is 387 g/mol. The molecule has 0 saturated heterocycles. The largest absolute Gasteiger partial charge is 0.463 e. The lowest BCUT2D eigenvalue weighted by Crippen LogP contribution is -2.40. The Bertz CT molecular complexity index is 921. The number of carbonyl (C=O) groups is 1. The Labute approximate surface area is 156 Å². The predicted octanol–water partition coefficient (Wildman–Crippen LogP) is 3.44. The van der Waals surface area contributed by atoms with Crippen LogP contribution in [0.5, 0.6) is 0 Å². The summed E-state index contributed by atoms with van der Waals surface area (Å²) in [6.45, 7) is -0.980. The van der Waals surface area contributed by atoms with Crippen LogP contribution in [0.3, 0.4) is 0 Å². The summed E-state index contributed by atoms with van der Waals surface area (Å²) in [5.41, 5.74) is 0.856. The Kier molecular flexibility index (Phi) is 5.24. The van der Waals surface area contributed by atoms with Gasteiger partial charge in [0.15, 0.2) is 17.6 Å². The Morgan fingerprint density at radius 2 is 2.00 bits per heavy atom. The van der Waals surface area contributed by atoms with Crippen LogP contribution in [-0.4, -0.2) is 39.6 Å². The van der Waals surface area contributed by atoms with Gasteiger partial charge in [-0.1, -0.05) is 11.6 Å². The molecule has 2 heterocycles. The molecule has 1 aromatic carbocycles. The van der Waals surface area contributed by atoms with E-state index >= 15 is 0 Å². The first-order valence-electron chi connectivity index (χ1n) is 7.68. The van der Waals surface area contributed by atoms with Crippen molar-refractivity contribution in [2.24, 2.45) is 0 Å². The molecule has 1 amide bonds. The van der Waals surface area contributed by atoms with Gasteiger partial charge < -0.3 is 14.8 Å². The van der Waals surface area contributed by atoms with Crippen LogP contribution < -0.4 is 5.32 Å². The first-order chi connectivity index (χ1) is 12.8. The van der Waals surface area contributed by atoms with Crippen molar-refractivity contribution >= 4 is 17.5 Å². The highest BCUT2D eigenvalue weighted by atomic mass is 35.5. The minimum atomic E-state index is -4.82. The van der Waals surface area contributed by atoms with Crippen LogP contribution in [0.15, 0.2) is 53.1 Å². The SMILES string of the molecule is O=C(NC[C@@H](O)C(F)(F)F)c1cc(-c2ccco2)n(-c2ccc(Cl)cc2)n1. The second kappa shape index (κ2) is 7.45. The molecule has 6 nitrogen and oxygen atoms in total. The molecule has 2 N–H and O–H groups in total.